The van der Waals surface area contributed by atoms with Crippen LogP contribution >= 0.6 is 0 Å². The summed E-state index contributed by atoms with van der Waals surface area (Å²) in [6, 6.07) is 0. The molecule has 0 radical (unpaired) electrons. The molecule has 2 heterocycles. The van der Waals surface area contributed by atoms with Gasteiger partial charge in [0, 0.05) is 17.8 Å². The van der Waals surface area contributed by atoms with Crippen LogP contribution in [0.3, 0.4) is 0 Å². The Balaban J connectivity index is 2.02. The Morgan fingerprint density at radius 3 is 2.69 bits per heavy atom. The molecule has 0 aliphatic carbocycles. The molecule has 1 N–H and O–H groups in total. The van der Waals surface area contributed by atoms with Crippen LogP contribution in [0.4, 0.5) is 0 Å². The molecule has 1 fully saturated rings. The lowest BCUT2D eigenvalue weighted by molar-refractivity contribution is 0.251. The van der Waals surface area contributed by atoms with Gasteiger partial charge in [-0.3, -0.25) is 0 Å². The highest BCUT2D eigenvalue weighted by Gasteiger charge is 2.20. The van der Waals surface area contributed by atoms with Crippen LogP contribution in [0.15, 0.2) is 6.20 Å². The molecule has 1 saturated heterocycles. The number of aromatic amines is 1. The number of nitrogens with zero attached hydrogens (tertiary/aromatic N) is 2. The zero-order chi connectivity index (χ0) is 9.26. The second-order valence-corrected chi connectivity index (χ2v) is 4.03. The standard InChI is InChI=1S/C10H17N3/c1-8-7-11-10(12-8)9-3-5-13(2)6-4-9/h7,9H,3-6H2,1-2H3,(H,11,12). The first-order valence-corrected chi connectivity index (χ1v) is 4.96. The van der Waals surface area contributed by atoms with Gasteiger partial charge in [0.1, 0.15) is 5.82 Å². The van der Waals surface area contributed by atoms with E-state index >= 15 is 0 Å². The number of aromatic nitrogens is 2. The maximum absolute atomic E-state index is 4.39. The lowest BCUT2D eigenvalue weighted by Crippen LogP contribution is -2.29. The van der Waals surface area contributed by atoms with Gasteiger partial charge in [-0.25, -0.2) is 4.98 Å². The Labute approximate surface area is 79.2 Å². The van der Waals surface area contributed by atoms with E-state index < -0.39 is 0 Å². The number of H-pyrrole nitrogens is 1. The molecule has 0 spiro atoms. The molecule has 0 amide bonds. The molecule has 0 bridgehead atoms. The van der Waals surface area contributed by atoms with Crippen molar-refractivity contribution in [2.24, 2.45) is 0 Å². The minimum atomic E-state index is 0.657. The molecule has 0 saturated carbocycles. The van der Waals surface area contributed by atoms with E-state index in [2.05, 4.69) is 28.8 Å². The summed E-state index contributed by atoms with van der Waals surface area (Å²) in [7, 11) is 2.18. The van der Waals surface area contributed by atoms with Crippen LogP contribution in [0.5, 0.6) is 0 Å². The number of likely N-dealkylation sites (tertiary alicyclic amines) is 1. The van der Waals surface area contributed by atoms with Crippen LogP contribution in [-0.2, 0) is 0 Å². The Kier molecular flexibility index (Phi) is 2.36. The maximum Gasteiger partial charge on any atom is 0.109 e. The number of nitrogens with one attached hydrogen (secondary N) is 1. The van der Waals surface area contributed by atoms with Crippen molar-refractivity contribution in [2.75, 3.05) is 20.1 Å². The number of imidazole rings is 1. The molecule has 0 unspecified atom stereocenters. The summed E-state index contributed by atoms with van der Waals surface area (Å²) < 4.78 is 0. The third-order valence-electron chi connectivity index (χ3n) is 2.83. The summed E-state index contributed by atoms with van der Waals surface area (Å²) in [5.74, 6) is 1.84. The SMILES string of the molecule is Cc1cnc(C2CCN(C)CC2)[nH]1. The number of aryl methyl sites for hydroxylation is 1. The predicted molar refractivity (Wildman–Crippen MR) is 52.8 cm³/mol. The summed E-state index contributed by atoms with van der Waals surface area (Å²) in [4.78, 5) is 10.1. The molecular weight excluding hydrogens is 162 g/mol. The van der Waals surface area contributed by atoms with E-state index in [0.717, 1.165) is 0 Å². The Bertz CT molecular complexity index is 271. The van der Waals surface area contributed by atoms with Crippen LogP contribution in [-0.4, -0.2) is 35.0 Å². The fourth-order valence-electron chi connectivity index (χ4n) is 1.92. The molecule has 1 aliphatic rings. The van der Waals surface area contributed by atoms with Crippen LogP contribution in [0.25, 0.3) is 0 Å². The maximum atomic E-state index is 4.39. The van der Waals surface area contributed by atoms with Crippen molar-refractivity contribution in [2.45, 2.75) is 25.7 Å². The second kappa shape index (κ2) is 3.50. The Hall–Kier alpha value is -0.830. The van der Waals surface area contributed by atoms with Crippen LogP contribution in [0.2, 0.25) is 0 Å². The minimum Gasteiger partial charge on any atom is -0.346 e. The third kappa shape index (κ3) is 1.91. The largest absolute Gasteiger partial charge is 0.346 e. The van der Waals surface area contributed by atoms with E-state index in [0.29, 0.717) is 5.92 Å². The number of piperidine rings is 1. The minimum absolute atomic E-state index is 0.657. The third-order valence-corrected chi connectivity index (χ3v) is 2.83. The van der Waals surface area contributed by atoms with E-state index in [1.807, 2.05) is 6.20 Å². The van der Waals surface area contributed by atoms with Gasteiger partial charge in [0.25, 0.3) is 0 Å². The lowest BCUT2D eigenvalue weighted by atomic mass is 9.97. The normalized spacial score (nSPS) is 20.8. The van der Waals surface area contributed by atoms with Gasteiger partial charge in [-0.1, -0.05) is 0 Å². The van der Waals surface area contributed by atoms with Gasteiger partial charge in [0.15, 0.2) is 0 Å². The van der Waals surface area contributed by atoms with Crippen molar-refractivity contribution in [3.63, 3.8) is 0 Å². The topological polar surface area (TPSA) is 31.9 Å². The quantitative estimate of drug-likeness (QED) is 0.709. The van der Waals surface area contributed by atoms with E-state index in [1.54, 1.807) is 0 Å². The number of hydrogen-bond acceptors (Lipinski definition) is 2. The van der Waals surface area contributed by atoms with Crippen molar-refractivity contribution in [3.05, 3.63) is 17.7 Å². The average molecular weight is 179 g/mol. The molecule has 13 heavy (non-hydrogen) atoms. The van der Waals surface area contributed by atoms with E-state index in [4.69, 9.17) is 0 Å². The van der Waals surface area contributed by atoms with Crippen LogP contribution in [0, 0.1) is 6.92 Å². The van der Waals surface area contributed by atoms with Gasteiger partial charge in [0.2, 0.25) is 0 Å². The summed E-state index contributed by atoms with van der Waals surface area (Å²) in [6.45, 7) is 4.46. The van der Waals surface area contributed by atoms with E-state index in [1.165, 1.54) is 37.4 Å². The van der Waals surface area contributed by atoms with Gasteiger partial charge < -0.3 is 9.88 Å². The summed E-state index contributed by atoms with van der Waals surface area (Å²) in [6.07, 6.45) is 4.40. The fourth-order valence-corrected chi connectivity index (χ4v) is 1.92. The van der Waals surface area contributed by atoms with E-state index in [9.17, 15) is 0 Å². The molecule has 1 aromatic heterocycles. The Morgan fingerprint density at radius 2 is 2.15 bits per heavy atom. The van der Waals surface area contributed by atoms with Crippen molar-refractivity contribution >= 4 is 0 Å². The first kappa shape index (κ1) is 8.75. The monoisotopic (exact) mass is 179 g/mol. The summed E-state index contributed by atoms with van der Waals surface area (Å²) in [5, 5.41) is 0. The highest BCUT2D eigenvalue weighted by molar-refractivity contribution is 5.04. The fraction of sp³-hybridized carbons (Fsp3) is 0.700. The van der Waals surface area contributed by atoms with Gasteiger partial charge in [-0.2, -0.15) is 0 Å². The smallest absolute Gasteiger partial charge is 0.109 e. The Morgan fingerprint density at radius 1 is 1.46 bits per heavy atom. The predicted octanol–water partition coefficient (Wildman–Crippen LogP) is 1.53. The highest BCUT2D eigenvalue weighted by Crippen LogP contribution is 2.24. The molecule has 3 heteroatoms. The zero-order valence-electron chi connectivity index (χ0n) is 8.38. The summed E-state index contributed by atoms with van der Waals surface area (Å²) in [5.41, 5.74) is 1.17. The molecular formula is C10H17N3. The van der Waals surface area contributed by atoms with Gasteiger partial charge in [-0.15, -0.1) is 0 Å². The lowest BCUT2D eigenvalue weighted by Gasteiger charge is -2.27. The van der Waals surface area contributed by atoms with Gasteiger partial charge >= 0.3 is 0 Å². The molecule has 2 rings (SSSR count). The van der Waals surface area contributed by atoms with Gasteiger partial charge in [-0.05, 0) is 39.9 Å². The average Bonchev–Trinajstić information content (AvgIpc) is 2.53. The second-order valence-electron chi connectivity index (χ2n) is 4.03. The molecule has 1 aromatic rings. The number of rotatable bonds is 1. The van der Waals surface area contributed by atoms with E-state index in [-0.39, 0.29) is 0 Å². The van der Waals surface area contributed by atoms with Crippen molar-refractivity contribution < 1.29 is 0 Å². The first-order chi connectivity index (χ1) is 6.25. The van der Waals surface area contributed by atoms with Crippen LogP contribution in [0.1, 0.15) is 30.3 Å². The highest BCUT2D eigenvalue weighted by atomic mass is 15.1. The molecule has 72 valence electrons. The number of hydrogen-bond donors (Lipinski definition) is 1. The van der Waals surface area contributed by atoms with Gasteiger partial charge in [0.05, 0.1) is 0 Å². The van der Waals surface area contributed by atoms with Crippen molar-refractivity contribution in [1.29, 1.82) is 0 Å². The molecule has 0 atom stereocenters. The van der Waals surface area contributed by atoms with Crippen molar-refractivity contribution in [3.8, 4) is 0 Å². The van der Waals surface area contributed by atoms with Crippen LogP contribution < -0.4 is 0 Å². The molecule has 3 nitrogen and oxygen atoms in total. The molecule has 1 aliphatic heterocycles. The summed E-state index contributed by atoms with van der Waals surface area (Å²) >= 11 is 0. The zero-order valence-corrected chi connectivity index (χ0v) is 8.38. The molecule has 0 aromatic carbocycles. The van der Waals surface area contributed by atoms with Crippen molar-refractivity contribution in [1.82, 2.24) is 14.9 Å². The first-order valence-electron chi connectivity index (χ1n) is 4.96.